The average Bonchev–Trinajstić information content (AvgIpc) is 3.06. The van der Waals surface area contributed by atoms with Gasteiger partial charge in [0.2, 0.25) is 5.82 Å². The second-order valence-corrected chi connectivity index (χ2v) is 5.18. The number of ether oxygens (including phenoxy) is 1. The smallest absolute Gasteiger partial charge is 0.291 e. The van der Waals surface area contributed by atoms with Crippen LogP contribution in [0.5, 0.6) is 0 Å². The first kappa shape index (κ1) is 13.0. The van der Waals surface area contributed by atoms with Crippen molar-refractivity contribution in [3.63, 3.8) is 0 Å². The second kappa shape index (κ2) is 5.16. The third kappa shape index (κ3) is 2.36. The number of nitrogens with zero attached hydrogens (tertiary/aromatic N) is 5. The summed E-state index contributed by atoms with van der Waals surface area (Å²) in [4.78, 5) is 18.3. The molecular formula is C13H17N5O2. The predicted molar refractivity (Wildman–Crippen MR) is 71.4 cm³/mol. The first-order chi connectivity index (χ1) is 9.65. The van der Waals surface area contributed by atoms with Gasteiger partial charge in [0, 0.05) is 38.0 Å². The standard InChI is InChI=1S/C13H17N5O2/c1-9-3-5-18-11(15-16-13(18)14-9)12(19)17(2)7-10-4-6-20-8-10/h3,5,10H,4,6-8H2,1-2H3/t10-/m1/s1. The third-order valence-electron chi connectivity index (χ3n) is 3.51. The number of rotatable bonds is 3. The molecule has 3 heterocycles. The molecule has 20 heavy (non-hydrogen) atoms. The summed E-state index contributed by atoms with van der Waals surface area (Å²) >= 11 is 0. The van der Waals surface area contributed by atoms with E-state index < -0.39 is 0 Å². The first-order valence-corrected chi connectivity index (χ1v) is 6.67. The number of carbonyl (C=O) groups excluding carboxylic acids is 1. The Balaban J connectivity index is 1.80. The van der Waals surface area contributed by atoms with Crippen LogP contribution < -0.4 is 0 Å². The quantitative estimate of drug-likeness (QED) is 0.817. The fourth-order valence-corrected chi connectivity index (χ4v) is 2.39. The normalized spacial score (nSPS) is 18.6. The zero-order valence-corrected chi connectivity index (χ0v) is 11.6. The minimum Gasteiger partial charge on any atom is -0.381 e. The molecule has 1 amide bonds. The molecule has 7 heteroatoms. The van der Waals surface area contributed by atoms with Gasteiger partial charge in [-0.05, 0) is 19.4 Å². The molecule has 2 aromatic rings. The summed E-state index contributed by atoms with van der Waals surface area (Å²) < 4.78 is 6.95. The lowest BCUT2D eigenvalue weighted by Gasteiger charge is -2.19. The monoisotopic (exact) mass is 275 g/mol. The number of hydrogen-bond acceptors (Lipinski definition) is 5. The molecule has 0 saturated carbocycles. The van der Waals surface area contributed by atoms with Gasteiger partial charge in [-0.25, -0.2) is 4.98 Å². The summed E-state index contributed by atoms with van der Waals surface area (Å²) in [5.74, 6) is 1.01. The van der Waals surface area contributed by atoms with E-state index in [1.807, 2.05) is 13.0 Å². The molecule has 0 N–H and O–H groups in total. The topological polar surface area (TPSA) is 72.6 Å². The van der Waals surface area contributed by atoms with Crippen LogP contribution in [0.25, 0.3) is 5.78 Å². The molecule has 3 rings (SSSR count). The molecule has 0 radical (unpaired) electrons. The van der Waals surface area contributed by atoms with E-state index in [1.165, 1.54) is 0 Å². The van der Waals surface area contributed by atoms with Gasteiger partial charge in [0.15, 0.2) is 0 Å². The lowest BCUT2D eigenvalue weighted by Crippen LogP contribution is -2.33. The molecule has 0 aliphatic carbocycles. The fraction of sp³-hybridized carbons (Fsp3) is 0.538. The Labute approximate surface area is 116 Å². The van der Waals surface area contributed by atoms with E-state index >= 15 is 0 Å². The highest BCUT2D eigenvalue weighted by Crippen LogP contribution is 2.14. The Morgan fingerprint density at radius 1 is 1.55 bits per heavy atom. The van der Waals surface area contributed by atoms with Crippen molar-refractivity contribution in [3.05, 3.63) is 23.8 Å². The van der Waals surface area contributed by atoms with Crippen LogP contribution in [0, 0.1) is 12.8 Å². The molecule has 7 nitrogen and oxygen atoms in total. The van der Waals surface area contributed by atoms with E-state index in [4.69, 9.17) is 4.74 Å². The van der Waals surface area contributed by atoms with Crippen molar-refractivity contribution in [1.82, 2.24) is 24.5 Å². The van der Waals surface area contributed by atoms with Gasteiger partial charge in [0.25, 0.3) is 11.7 Å². The molecule has 1 aliphatic rings. The van der Waals surface area contributed by atoms with Gasteiger partial charge in [0.1, 0.15) is 0 Å². The molecule has 2 aromatic heterocycles. The van der Waals surface area contributed by atoms with Crippen molar-refractivity contribution in [2.45, 2.75) is 13.3 Å². The summed E-state index contributed by atoms with van der Waals surface area (Å²) in [5, 5.41) is 7.90. The van der Waals surface area contributed by atoms with Crippen molar-refractivity contribution < 1.29 is 9.53 Å². The summed E-state index contributed by atoms with van der Waals surface area (Å²) in [6, 6.07) is 1.83. The van der Waals surface area contributed by atoms with Crippen molar-refractivity contribution >= 4 is 11.7 Å². The lowest BCUT2D eigenvalue weighted by molar-refractivity contribution is 0.0752. The number of hydrogen-bond donors (Lipinski definition) is 0. The Morgan fingerprint density at radius 3 is 3.15 bits per heavy atom. The van der Waals surface area contributed by atoms with E-state index in [9.17, 15) is 4.79 Å². The van der Waals surface area contributed by atoms with E-state index in [0.717, 1.165) is 25.3 Å². The molecule has 0 bridgehead atoms. The molecule has 1 saturated heterocycles. The summed E-state index contributed by atoms with van der Waals surface area (Å²) in [7, 11) is 1.78. The largest absolute Gasteiger partial charge is 0.381 e. The maximum Gasteiger partial charge on any atom is 0.291 e. The summed E-state index contributed by atoms with van der Waals surface area (Å²) in [5.41, 5.74) is 0.848. The average molecular weight is 275 g/mol. The number of aryl methyl sites for hydroxylation is 1. The Bertz CT molecular complexity index is 633. The van der Waals surface area contributed by atoms with Crippen LogP contribution in [0.1, 0.15) is 22.7 Å². The maximum atomic E-state index is 12.4. The molecule has 1 atom stereocenters. The SMILES string of the molecule is Cc1ccn2c(C(=O)N(C)C[C@H]3CCOC3)nnc2n1. The molecule has 1 aliphatic heterocycles. The highest BCUT2D eigenvalue weighted by Gasteiger charge is 2.23. The van der Waals surface area contributed by atoms with Gasteiger partial charge in [-0.3, -0.25) is 9.20 Å². The van der Waals surface area contributed by atoms with Crippen LogP contribution >= 0.6 is 0 Å². The van der Waals surface area contributed by atoms with Crippen molar-refractivity contribution in [2.24, 2.45) is 5.92 Å². The number of fused-ring (bicyclic) bond motifs is 1. The molecule has 0 aromatic carbocycles. The minimum atomic E-state index is -0.143. The van der Waals surface area contributed by atoms with Gasteiger partial charge in [0.05, 0.1) is 6.61 Å². The van der Waals surface area contributed by atoms with Gasteiger partial charge in [-0.2, -0.15) is 0 Å². The lowest BCUT2D eigenvalue weighted by atomic mass is 10.1. The molecule has 0 unspecified atom stereocenters. The third-order valence-corrected chi connectivity index (χ3v) is 3.51. The van der Waals surface area contributed by atoms with Gasteiger partial charge < -0.3 is 9.64 Å². The zero-order chi connectivity index (χ0) is 14.1. The Kier molecular flexibility index (Phi) is 3.35. The molecular weight excluding hydrogens is 258 g/mol. The maximum absolute atomic E-state index is 12.4. The van der Waals surface area contributed by atoms with Crippen molar-refractivity contribution in [3.8, 4) is 0 Å². The van der Waals surface area contributed by atoms with E-state index in [2.05, 4.69) is 15.2 Å². The van der Waals surface area contributed by atoms with Crippen LogP contribution in [0.15, 0.2) is 12.3 Å². The molecule has 1 fully saturated rings. The Hall–Kier alpha value is -2.02. The predicted octanol–water partition coefficient (Wildman–Crippen LogP) is 0.541. The van der Waals surface area contributed by atoms with Crippen molar-refractivity contribution in [2.75, 3.05) is 26.8 Å². The van der Waals surface area contributed by atoms with Crippen LogP contribution in [0.3, 0.4) is 0 Å². The second-order valence-electron chi connectivity index (χ2n) is 5.18. The zero-order valence-electron chi connectivity index (χ0n) is 11.6. The van der Waals surface area contributed by atoms with Crippen molar-refractivity contribution in [1.29, 1.82) is 0 Å². The number of aromatic nitrogens is 4. The van der Waals surface area contributed by atoms with Crippen LogP contribution in [-0.4, -0.2) is 57.2 Å². The van der Waals surface area contributed by atoms with E-state index in [0.29, 0.717) is 24.1 Å². The highest BCUT2D eigenvalue weighted by atomic mass is 16.5. The Morgan fingerprint density at radius 2 is 2.40 bits per heavy atom. The number of carbonyl (C=O) groups is 1. The highest BCUT2D eigenvalue weighted by molar-refractivity contribution is 5.91. The molecule has 106 valence electrons. The van der Waals surface area contributed by atoms with Crippen LogP contribution in [-0.2, 0) is 4.74 Å². The van der Waals surface area contributed by atoms with Gasteiger partial charge in [-0.1, -0.05) is 0 Å². The first-order valence-electron chi connectivity index (χ1n) is 6.67. The van der Waals surface area contributed by atoms with Gasteiger partial charge >= 0.3 is 0 Å². The molecule has 0 spiro atoms. The van der Waals surface area contributed by atoms with Crippen LogP contribution in [0.2, 0.25) is 0 Å². The number of amides is 1. The summed E-state index contributed by atoms with van der Waals surface area (Å²) in [6.45, 7) is 4.05. The van der Waals surface area contributed by atoms with E-state index in [-0.39, 0.29) is 5.91 Å². The van der Waals surface area contributed by atoms with Crippen LogP contribution in [0.4, 0.5) is 0 Å². The van der Waals surface area contributed by atoms with E-state index in [1.54, 1.807) is 22.5 Å². The summed E-state index contributed by atoms with van der Waals surface area (Å²) in [6.07, 6.45) is 2.77. The fourth-order valence-electron chi connectivity index (χ4n) is 2.39. The minimum absolute atomic E-state index is 0.143. The van der Waals surface area contributed by atoms with Gasteiger partial charge in [-0.15, -0.1) is 10.2 Å².